The van der Waals surface area contributed by atoms with Gasteiger partial charge in [-0.1, -0.05) is 59.7 Å². The first kappa shape index (κ1) is 18.4. The third kappa shape index (κ3) is 6.52. The fourth-order valence-corrected chi connectivity index (χ4v) is 1.68. The van der Waals surface area contributed by atoms with E-state index in [9.17, 15) is 9.59 Å². The van der Waals surface area contributed by atoms with E-state index in [-0.39, 0.29) is 6.54 Å². The Morgan fingerprint density at radius 1 is 1.05 bits per heavy atom. The normalized spacial score (nSPS) is 8.82. The fraction of sp³-hybridized carbons (Fsp3) is 0.176. The van der Waals surface area contributed by atoms with Crippen LogP contribution < -0.4 is 5.32 Å². The molecule has 0 bridgehead atoms. The Morgan fingerprint density at radius 2 is 1.68 bits per heavy atom. The number of carboxylic acid groups (broad SMARTS) is 1. The molecule has 122 valence electrons. The predicted octanol–water partition coefficient (Wildman–Crippen LogP) is 2.70. The summed E-state index contributed by atoms with van der Waals surface area (Å²) in [6, 6.07) is 17.2. The number of carbonyl (C=O) groups is 1. The molecule has 4 nitrogen and oxygen atoms in total. The number of aliphatic carboxylic acids is 1. The summed E-state index contributed by atoms with van der Waals surface area (Å²) in [5.74, 6) is -1.07. The monoisotopic (exact) mass is 541 g/mol. The molecule has 0 saturated heterocycles. The number of amides is 1. The molecular weight excluding hydrogens is 523 g/mol. The number of hydrogen-bond acceptors (Lipinski definition) is 2. The zero-order valence-corrected chi connectivity index (χ0v) is 14.8. The Balaban J connectivity index is 0.000000478. The van der Waals surface area contributed by atoms with Crippen molar-refractivity contribution in [3.8, 4) is 11.1 Å². The molecule has 2 N–H and O–H groups in total. The van der Waals surface area contributed by atoms with E-state index in [0.717, 1.165) is 0 Å². The van der Waals surface area contributed by atoms with E-state index in [1.807, 2.05) is 5.32 Å². The Kier molecular flexibility index (Phi) is 7.78. The van der Waals surface area contributed by atoms with E-state index in [1.54, 1.807) is 0 Å². The van der Waals surface area contributed by atoms with Crippen LogP contribution in [0.4, 0.5) is 0 Å². The number of hydrogen-bond donors (Lipinski definition) is 2. The molecule has 0 heterocycles. The first-order valence-electron chi connectivity index (χ1n) is 6.48. The van der Waals surface area contributed by atoms with Gasteiger partial charge in [-0.15, -0.1) is 0 Å². The maximum Gasteiger partial charge on any atom is 0.320 e. The molecule has 0 aromatic heterocycles. The Labute approximate surface area is 124 Å². The predicted molar refractivity (Wildman–Crippen MR) is 82.7 cm³/mol. The van der Waals surface area contributed by atoms with Gasteiger partial charge in [-0.2, -0.15) is 6.41 Å². The van der Waals surface area contributed by atoms with Crippen LogP contribution in [-0.4, -0.2) is 24.0 Å². The molecule has 2 aromatic carbocycles. The van der Waals surface area contributed by atoms with Crippen LogP contribution in [0.5, 0.6) is 0 Å². The summed E-state index contributed by atoms with van der Waals surface area (Å²) in [6.07, 6.45) is 1.22. The Bertz CT molecular complexity index is 597. The van der Waals surface area contributed by atoms with Crippen LogP contribution in [-0.2, 0) is 9.59 Å². The summed E-state index contributed by atoms with van der Waals surface area (Å²) in [6.45, 7) is 3.88. The molecule has 0 aliphatic rings. The minimum Gasteiger partial charge on any atom is -0.521 e. The molecule has 5 heteroatoms. The van der Waals surface area contributed by atoms with Crippen molar-refractivity contribution in [3.05, 3.63) is 59.7 Å². The molecule has 0 saturated carbocycles. The summed E-state index contributed by atoms with van der Waals surface area (Å²) in [7, 11) is 0. The third-order valence-corrected chi connectivity index (χ3v) is 2.71. The number of benzene rings is 2. The molecule has 0 aliphatic carbocycles. The molecule has 1 amide bonds. The molecule has 2 aromatic rings. The van der Waals surface area contributed by atoms with Gasteiger partial charge >= 0.3 is 5.97 Å². The molecule has 0 fully saturated rings. The van der Waals surface area contributed by atoms with Crippen molar-refractivity contribution >= 4 is 12.4 Å². The van der Waals surface area contributed by atoms with Crippen LogP contribution in [0, 0.1) is 13.8 Å². The third-order valence-electron chi connectivity index (χ3n) is 2.71. The second kappa shape index (κ2) is 9.31. The number of nitrogens with one attached hydrogen (secondary N) is 1. The van der Waals surface area contributed by atoms with E-state index in [2.05, 4.69) is 62.4 Å². The van der Waals surface area contributed by atoms with E-state index in [0.29, 0.717) is 0 Å². The zero-order valence-electron chi connectivity index (χ0n) is 12.4. The van der Waals surface area contributed by atoms with Crippen LogP contribution in [0.3, 0.4) is 0 Å². The molecule has 0 atom stereocenters. The molecule has 0 aliphatic heterocycles. The van der Waals surface area contributed by atoms with Crippen molar-refractivity contribution in [2.24, 2.45) is 0 Å². The van der Waals surface area contributed by atoms with E-state index in [1.165, 1.54) is 28.7 Å². The summed E-state index contributed by atoms with van der Waals surface area (Å²) in [5, 5.41) is 9.65. The van der Waals surface area contributed by atoms with Crippen molar-refractivity contribution in [1.82, 2.24) is 5.32 Å². The van der Waals surface area contributed by atoms with Crippen LogP contribution in [0.1, 0.15) is 11.1 Å². The summed E-state index contributed by atoms with van der Waals surface area (Å²) < 4.78 is 0. The van der Waals surface area contributed by atoms with Crippen LogP contribution in [0.25, 0.3) is 11.1 Å². The van der Waals surface area contributed by atoms with Gasteiger partial charge in [0.15, 0.2) is 0 Å². The van der Waals surface area contributed by atoms with Crippen LogP contribution in [0.15, 0.2) is 48.5 Å². The summed E-state index contributed by atoms with van der Waals surface area (Å²) >= 11 is 0. The van der Waals surface area contributed by atoms with Gasteiger partial charge < -0.3 is 15.2 Å². The maximum absolute atomic E-state index is 9.52. The molecule has 0 unspecified atom stereocenters. The van der Waals surface area contributed by atoms with Crippen LogP contribution in [0.2, 0.25) is 0 Å². The van der Waals surface area contributed by atoms with Crippen molar-refractivity contribution in [2.45, 2.75) is 13.8 Å². The van der Waals surface area contributed by atoms with Gasteiger partial charge in [-0.05, 0) is 25.0 Å². The molecular formula is C17H18FmNO3-. The second-order valence-electron chi connectivity index (χ2n) is 4.58. The first-order valence-corrected chi connectivity index (χ1v) is 6.48. The minimum absolute atomic E-state index is 0. The molecule has 0 radical (unpaired) electrons. The Hall–Kier alpha value is -3.62. The topological polar surface area (TPSA) is 66.4 Å². The van der Waals surface area contributed by atoms with Crippen molar-refractivity contribution in [1.29, 1.82) is 0 Å². The van der Waals surface area contributed by atoms with Crippen LogP contribution >= 0.6 is 0 Å². The standard InChI is InChI=1S/C14H14.C3H4NO3.Fm/c1-11-6-8-13(9-7-11)14-5-3-4-12(2)10-14;5-2-4-1-3(6)7;/h3-10H,1-2H3;1H2,(H,4,5)(H,6,7);/q;-1;. The van der Waals surface area contributed by atoms with Gasteiger partial charge in [0.1, 0.15) is 0 Å². The molecule has 2 rings (SSSR count). The van der Waals surface area contributed by atoms with Gasteiger partial charge in [0.2, 0.25) is 0 Å². The second-order valence-corrected chi connectivity index (χ2v) is 4.58. The first-order chi connectivity index (χ1) is 10.0. The molecule has 22 heavy (non-hydrogen) atoms. The number of aryl methyl sites for hydroxylation is 2. The number of rotatable bonds is 4. The largest absolute Gasteiger partial charge is 0.521 e. The summed E-state index contributed by atoms with van der Waals surface area (Å²) in [5.41, 5.74) is 5.20. The maximum atomic E-state index is 9.52. The van der Waals surface area contributed by atoms with Gasteiger partial charge in [0.25, 0.3) is 0 Å². The van der Waals surface area contributed by atoms with Gasteiger partial charge in [0.05, 0.1) is 6.54 Å². The van der Waals surface area contributed by atoms with Gasteiger partial charge in [0, 0.05) is 0 Å². The minimum atomic E-state index is -1.07. The smallest absolute Gasteiger partial charge is 0.320 e. The SMILES string of the molecule is Cc1ccc(-c2cccc(C)c2)cc1.O=[C-]NCC(=O)O.[Fm]. The van der Waals surface area contributed by atoms with Gasteiger partial charge in [-0.3, -0.25) is 4.79 Å². The fourth-order valence-electron chi connectivity index (χ4n) is 1.68. The van der Waals surface area contributed by atoms with Crippen molar-refractivity contribution < 1.29 is 14.7 Å². The number of carbonyl (C=O) groups excluding carboxylic acids is 1. The van der Waals surface area contributed by atoms with E-state index >= 15 is 0 Å². The quantitative estimate of drug-likeness (QED) is 0.463. The van der Waals surface area contributed by atoms with Crippen molar-refractivity contribution in [2.75, 3.05) is 6.54 Å². The summed E-state index contributed by atoms with van der Waals surface area (Å²) in [4.78, 5) is 18.7. The average molecular weight is 541 g/mol. The zero-order chi connectivity index (χ0) is 15.7. The number of carboxylic acids is 1. The van der Waals surface area contributed by atoms with E-state index < -0.39 is 5.97 Å². The van der Waals surface area contributed by atoms with E-state index in [4.69, 9.17) is 5.11 Å². The molecule has 0 spiro atoms. The Morgan fingerprint density at radius 3 is 2.14 bits per heavy atom. The van der Waals surface area contributed by atoms with Gasteiger partial charge in [-0.25, -0.2) is 0 Å². The average Bonchev–Trinajstić information content (AvgIpc) is 2.46. The van der Waals surface area contributed by atoms with Crippen molar-refractivity contribution in [3.63, 3.8) is 0 Å².